The highest BCUT2D eigenvalue weighted by molar-refractivity contribution is 5.77. The summed E-state index contributed by atoms with van der Waals surface area (Å²) in [4.78, 5) is 18.2. The maximum Gasteiger partial charge on any atom is 0.220 e. The Morgan fingerprint density at radius 1 is 1.17 bits per heavy atom. The summed E-state index contributed by atoms with van der Waals surface area (Å²) in [7, 11) is 0. The second-order valence-electron chi connectivity index (χ2n) is 3.72. The molecule has 2 aromatic rings. The Bertz CT molecular complexity index is 585. The van der Waals surface area contributed by atoms with Gasteiger partial charge in [-0.25, -0.2) is 18.7 Å². The molecule has 0 amide bonds. The van der Waals surface area contributed by atoms with Crippen molar-refractivity contribution in [2.75, 3.05) is 5.73 Å². The standard InChI is InChI=1S/C12H9F2N3O/c1-6-2-11(17-12(15)16-6)7-3-9(13)8(5-18)10(14)4-7/h2-5H,1H3,(H2,15,16,17). The van der Waals surface area contributed by atoms with Crippen molar-refractivity contribution >= 4 is 12.2 Å². The van der Waals surface area contributed by atoms with E-state index < -0.39 is 17.2 Å². The highest BCUT2D eigenvalue weighted by Crippen LogP contribution is 2.23. The van der Waals surface area contributed by atoms with Crippen LogP contribution in [0.5, 0.6) is 0 Å². The third-order valence-electron chi connectivity index (χ3n) is 2.36. The van der Waals surface area contributed by atoms with Gasteiger partial charge in [0.25, 0.3) is 0 Å². The van der Waals surface area contributed by atoms with Gasteiger partial charge in [-0.2, -0.15) is 0 Å². The van der Waals surface area contributed by atoms with Gasteiger partial charge < -0.3 is 5.73 Å². The molecule has 1 heterocycles. The minimum absolute atomic E-state index is 0.0188. The predicted octanol–water partition coefficient (Wildman–Crippen LogP) is 2.12. The molecule has 18 heavy (non-hydrogen) atoms. The molecule has 0 radical (unpaired) electrons. The first-order valence-corrected chi connectivity index (χ1v) is 5.07. The average Bonchev–Trinajstić information content (AvgIpc) is 2.27. The van der Waals surface area contributed by atoms with Gasteiger partial charge in [-0.15, -0.1) is 0 Å². The quantitative estimate of drug-likeness (QED) is 0.828. The molecule has 92 valence electrons. The number of nitrogens with two attached hydrogens (primary N) is 1. The van der Waals surface area contributed by atoms with Crippen LogP contribution in [0.3, 0.4) is 0 Å². The number of benzene rings is 1. The molecule has 0 unspecified atom stereocenters. The average molecular weight is 249 g/mol. The van der Waals surface area contributed by atoms with Crippen molar-refractivity contribution < 1.29 is 13.6 Å². The Morgan fingerprint density at radius 3 is 2.28 bits per heavy atom. The van der Waals surface area contributed by atoms with Gasteiger partial charge in [-0.3, -0.25) is 4.79 Å². The molecule has 0 aliphatic heterocycles. The van der Waals surface area contributed by atoms with E-state index in [9.17, 15) is 13.6 Å². The lowest BCUT2D eigenvalue weighted by atomic mass is 10.1. The fraction of sp³-hybridized carbons (Fsp3) is 0.0833. The van der Waals surface area contributed by atoms with Crippen LogP contribution >= 0.6 is 0 Å². The number of anilines is 1. The van der Waals surface area contributed by atoms with Crippen molar-refractivity contribution in [1.82, 2.24) is 9.97 Å². The molecular weight excluding hydrogens is 240 g/mol. The summed E-state index contributed by atoms with van der Waals surface area (Å²) in [6.07, 6.45) is 0.133. The lowest BCUT2D eigenvalue weighted by molar-refractivity contribution is 0.111. The van der Waals surface area contributed by atoms with E-state index >= 15 is 0 Å². The number of nitrogens with zero attached hydrogens (tertiary/aromatic N) is 2. The van der Waals surface area contributed by atoms with E-state index in [0.717, 1.165) is 12.1 Å². The topological polar surface area (TPSA) is 68.9 Å². The van der Waals surface area contributed by atoms with Gasteiger partial charge >= 0.3 is 0 Å². The highest BCUT2D eigenvalue weighted by atomic mass is 19.1. The second kappa shape index (κ2) is 4.48. The molecule has 1 aromatic heterocycles. The molecule has 0 bridgehead atoms. The number of aromatic nitrogens is 2. The maximum atomic E-state index is 13.5. The molecule has 0 saturated carbocycles. The first kappa shape index (κ1) is 12.1. The molecule has 0 atom stereocenters. The summed E-state index contributed by atoms with van der Waals surface area (Å²) in [6.45, 7) is 1.69. The zero-order chi connectivity index (χ0) is 13.3. The fourth-order valence-electron chi connectivity index (χ4n) is 1.58. The van der Waals surface area contributed by atoms with Crippen LogP contribution < -0.4 is 5.73 Å². The largest absolute Gasteiger partial charge is 0.368 e. The van der Waals surface area contributed by atoms with E-state index in [-0.39, 0.29) is 17.8 Å². The van der Waals surface area contributed by atoms with E-state index in [2.05, 4.69) is 9.97 Å². The van der Waals surface area contributed by atoms with Gasteiger partial charge in [0.15, 0.2) is 6.29 Å². The third-order valence-corrected chi connectivity index (χ3v) is 2.36. The lowest BCUT2D eigenvalue weighted by Crippen LogP contribution is -2.00. The molecule has 6 heteroatoms. The molecule has 0 fully saturated rings. The van der Waals surface area contributed by atoms with Gasteiger partial charge in [0.05, 0.1) is 11.3 Å². The van der Waals surface area contributed by atoms with Crippen molar-refractivity contribution in [3.63, 3.8) is 0 Å². The van der Waals surface area contributed by atoms with Crippen LogP contribution in [-0.2, 0) is 0 Å². The van der Waals surface area contributed by atoms with Gasteiger partial charge in [0.1, 0.15) is 11.6 Å². The monoisotopic (exact) mass is 249 g/mol. The molecule has 1 aromatic carbocycles. The van der Waals surface area contributed by atoms with Gasteiger partial charge in [-0.05, 0) is 25.1 Å². The summed E-state index contributed by atoms with van der Waals surface area (Å²) < 4.78 is 26.9. The molecule has 0 aliphatic rings. The van der Waals surface area contributed by atoms with Crippen molar-refractivity contribution in [3.8, 4) is 11.3 Å². The van der Waals surface area contributed by atoms with Crippen molar-refractivity contribution in [1.29, 1.82) is 0 Å². The molecule has 0 spiro atoms. The van der Waals surface area contributed by atoms with E-state index in [1.54, 1.807) is 13.0 Å². The van der Waals surface area contributed by atoms with Gasteiger partial charge in [-0.1, -0.05) is 0 Å². The van der Waals surface area contributed by atoms with Crippen molar-refractivity contribution in [2.24, 2.45) is 0 Å². The van der Waals surface area contributed by atoms with Crippen LogP contribution in [0.4, 0.5) is 14.7 Å². The third kappa shape index (κ3) is 2.17. The number of nitrogen functional groups attached to an aromatic ring is 1. The van der Waals surface area contributed by atoms with Crippen LogP contribution in [0.1, 0.15) is 16.1 Å². The lowest BCUT2D eigenvalue weighted by Gasteiger charge is -2.05. The number of aryl methyl sites for hydroxylation is 1. The fourth-order valence-corrected chi connectivity index (χ4v) is 1.58. The number of hydrogen-bond donors (Lipinski definition) is 1. The minimum atomic E-state index is -0.935. The van der Waals surface area contributed by atoms with Crippen molar-refractivity contribution in [3.05, 3.63) is 41.1 Å². The first-order chi connectivity index (χ1) is 8.51. The Morgan fingerprint density at radius 2 is 1.78 bits per heavy atom. The zero-order valence-electron chi connectivity index (χ0n) is 9.45. The SMILES string of the molecule is Cc1cc(-c2cc(F)c(C=O)c(F)c2)nc(N)n1. The van der Waals surface area contributed by atoms with E-state index in [1.807, 2.05) is 0 Å². The molecule has 2 rings (SSSR count). The first-order valence-electron chi connectivity index (χ1n) is 5.07. The van der Waals surface area contributed by atoms with Gasteiger partial charge in [0.2, 0.25) is 5.95 Å². The van der Waals surface area contributed by atoms with Crippen LogP contribution in [0.25, 0.3) is 11.3 Å². The number of rotatable bonds is 2. The predicted molar refractivity (Wildman–Crippen MR) is 61.9 cm³/mol. The molecule has 4 nitrogen and oxygen atoms in total. The smallest absolute Gasteiger partial charge is 0.220 e. The van der Waals surface area contributed by atoms with E-state index in [4.69, 9.17) is 5.73 Å². The summed E-state index contributed by atoms with van der Waals surface area (Å²) in [5.74, 6) is -1.85. The number of hydrogen-bond acceptors (Lipinski definition) is 4. The van der Waals surface area contributed by atoms with Crippen LogP contribution in [0.2, 0.25) is 0 Å². The van der Waals surface area contributed by atoms with Crippen LogP contribution in [0.15, 0.2) is 18.2 Å². The minimum Gasteiger partial charge on any atom is -0.368 e. The second-order valence-corrected chi connectivity index (χ2v) is 3.72. The van der Waals surface area contributed by atoms with Crippen molar-refractivity contribution in [2.45, 2.75) is 6.92 Å². The normalized spacial score (nSPS) is 10.4. The summed E-state index contributed by atoms with van der Waals surface area (Å²) in [6, 6.07) is 3.62. The molecule has 0 saturated heterocycles. The molecule has 0 aliphatic carbocycles. The van der Waals surface area contributed by atoms with E-state index in [0.29, 0.717) is 11.4 Å². The molecular formula is C12H9F2N3O. The summed E-state index contributed by atoms with van der Waals surface area (Å²) in [5, 5.41) is 0. The number of aldehydes is 1. The summed E-state index contributed by atoms with van der Waals surface area (Å²) >= 11 is 0. The van der Waals surface area contributed by atoms with Crippen LogP contribution in [-0.4, -0.2) is 16.3 Å². The van der Waals surface area contributed by atoms with Crippen LogP contribution in [0, 0.1) is 18.6 Å². The Labute approximate surface area is 101 Å². The van der Waals surface area contributed by atoms with E-state index in [1.165, 1.54) is 0 Å². The summed E-state index contributed by atoms with van der Waals surface area (Å²) in [5.41, 5.74) is 5.95. The molecule has 2 N–H and O–H groups in total. The Hall–Kier alpha value is -2.37. The number of halogens is 2. The zero-order valence-corrected chi connectivity index (χ0v) is 9.45. The number of carbonyl (C=O) groups is 1. The Balaban J connectivity index is 2.61. The Kier molecular flexibility index (Phi) is 3.01. The maximum absolute atomic E-state index is 13.5. The van der Waals surface area contributed by atoms with Gasteiger partial charge in [0, 0.05) is 11.3 Å². The number of carbonyl (C=O) groups excluding carboxylic acids is 1. The highest BCUT2D eigenvalue weighted by Gasteiger charge is 2.12.